The van der Waals surface area contributed by atoms with Gasteiger partial charge in [-0.25, -0.2) is 8.42 Å². The molecule has 0 spiro atoms. The second kappa shape index (κ2) is 19.4. The molecule has 1 saturated carbocycles. The molecule has 5 aromatic rings. The highest BCUT2D eigenvalue weighted by Crippen LogP contribution is 2.58. The summed E-state index contributed by atoms with van der Waals surface area (Å²) in [5.41, 5.74) is 4.03. The Hall–Kier alpha value is -5.98. The van der Waals surface area contributed by atoms with E-state index in [2.05, 4.69) is 27.6 Å². The number of anilines is 2. The summed E-state index contributed by atoms with van der Waals surface area (Å²) in [6.45, 7) is 8.13. The van der Waals surface area contributed by atoms with Gasteiger partial charge in [0.25, 0.3) is 0 Å². The van der Waals surface area contributed by atoms with Gasteiger partial charge in [0.15, 0.2) is 0 Å². The molecule has 11 nitrogen and oxygen atoms in total. The molecule has 1 fully saturated rings. The van der Waals surface area contributed by atoms with Crippen molar-refractivity contribution in [2.75, 3.05) is 24.9 Å². The average molecular weight is 885 g/mol. The molecule has 0 aliphatic heterocycles. The van der Waals surface area contributed by atoms with Gasteiger partial charge in [0.1, 0.15) is 23.6 Å². The van der Waals surface area contributed by atoms with Gasteiger partial charge >= 0.3 is 0 Å². The highest BCUT2D eigenvalue weighted by atomic mass is 32.2. The first kappa shape index (κ1) is 46.0. The molecule has 12 heteroatoms. The van der Waals surface area contributed by atoms with Crippen LogP contribution in [0.5, 0.6) is 11.5 Å². The number of hydrogen-bond acceptors (Lipinski definition) is 7. The monoisotopic (exact) mass is 884 g/mol. The van der Waals surface area contributed by atoms with Gasteiger partial charge in [-0.1, -0.05) is 101 Å². The maximum Gasteiger partial charge on any atom is 0.247 e. The van der Waals surface area contributed by atoms with Gasteiger partial charge in [0, 0.05) is 17.8 Å². The van der Waals surface area contributed by atoms with E-state index < -0.39 is 38.8 Å². The molecule has 0 unspecified atom stereocenters. The molecule has 0 bridgehead atoms. The highest BCUT2D eigenvalue weighted by Gasteiger charge is 2.55. The second-order valence-electron chi connectivity index (χ2n) is 18.0. The first-order valence-electron chi connectivity index (χ1n) is 22.1. The number of carbonyl (C=O) groups is 3. The molecule has 3 amide bonds. The van der Waals surface area contributed by atoms with Crippen molar-refractivity contribution in [1.82, 2.24) is 10.0 Å². The van der Waals surface area contributed by atoms with Crippen LogP contribution in [0.2, 0.25) is 0 Å². The predicted octanol–water partition coefficient (Wildman–Crippen LogP) is 8.73. The van der Waals surface area contributed by atoms with Crippen molar-refractivity contribution < 1.29 is 32.3 Å². The lowest BCUT2D eigenvalue weighted by molar-refractivity contribution is -0.141. The zero-order valence-corrected chi connectivity index (χ0v) is 38.4. The van der Waals surface area contributed by atoms with Crippen LogP contribution in [0.15, 0.2) is 126 Å². The van der Waals surface area contributed by atoms with E-state index in [1.807, 2.05) is 93.6 Å². The van der Waals surface area contributed by atoms with Crippen molar-refractivity contribution in [3.63, 3.8) is 0 Å². The summed E-state index contributed by atoms with van der Waals surface area (Å²) >= 11 is 0. The maximum absolute atomic E-state index is 14.9. The third-order valence-electron chi connectivity index (χ3n) is 13.4. The SMILES string of the molecule is COc1ccc(NC(=O)[C@@H](Cc2ccccc2)NC(=O)[C@]2(C)CCC[C@]3(C)c4cc(S(=O)(=O)N[C@H](Cc5ccccc5)C(=O)Nc5ccc(OC)cc5)c(C(C)C)cc4CC[C@@H]23)cc1. The Bertz CT molecular complexity index is 2550. The number of carbonyl (C=O) groups excluding carboxylic acids is 3. The van der Waals surface area contributed by atoms with Gasteiger partial charge in [0.05, 0.1) is 24.5 Å². The summed E-state index contributed by atoms with van der Waals surface area (Å²) in [7, 11) is -1.15. The summed E-state index contributed by atoms with van der Waals surface area (Å²) in [4.78, 5) is 43.0. The smallest absolute Gasteiger partial charge is 0.247 e. The first-order chi connectivity index (χ1) is 30.6. The topological polar surface area (TPSA) is 152 Å². The van der Waals surface area contributed by atoms with E-state index in [4.69, 9.17) is 9.47 Å². The Morgan fingerprint density at radius 1 is 0.703 bits per heavy atom. The number of hydrogen-bond donors (Lipinski definition) is 4. The Morgan fingerprint density at radius 3 is 1.73 bits per heavy atom. The van der Waals surface area contributed by atoms with E-state index >= 15 is 0 Å². The van der Waals surface area contributed by atoms with Crippen LogP contribution in [-0.4, -0.2) is 52.4 Å². The number of ether oxygens (including phenoxy) is 2. The number of fused-ring (bicyclic) bond motifs is 3. The number of methoxy groups -OCH3 is 2. The van der Waals surface area contributed by atoms with Crippen LogP contribution >= 0.6 is 0 Å². The Morgan fingerprint density at radius 2 is 1.22 bits per heavy atom. The molecular formula is C52H60N4O7S. The lowest BCUT2D eigenvalue weighted by Crippen LogP contribution is -2.58. The van der Waals surface area contributed by atoms with Gasteiger partial charge in [0.2, 0.25) is 27.7 Å². The average Bonchev–Trinajstić information content (AvgIpc) is 3.29. The summed E-state index contributed by atoms with van der Waals surface area (Å²) in [5.74, 6) is -0.0254. The second-order valence-corrected chi connectivity index (χ2v) is 19.7. The summed E-state index contributed by atoms with van der Waals surface area (Å²) < 4.78 is 43.1. The lowest BCUT2D eigenvalue weighted by atomic mass is 9.49. The highest BCUT2D eigenvalue weighted by molar-refractivity contribution is 7.89. The maximum atomic E-state index is 14.9. The van der Waals surface area contributed by atoms with Crippen molar-refractivity contribution in [3.05, 3.63) is 149 Å². The first-order valence-corrected chi connectivity index (χ1v) is 23.6. The fourth-order valence-electron chi connectivity index (χ4n) is 9.95. The van der Waals surface area contributed by atoms with Crippen LogP contribution in [-0.2, 0) is 49.1 Å². The third kappa shape index (κ3) is 10.0. The molecule has 7 rings (SSSR count). The minimum Gasteiger partial charge on any atom is -0.497 e. The van der Waals surface area contributed by atoms with Crippen molar-refractivity contribution in [3.8, 4) is 11.5 Å². The van der Waals surface area contributed by atoms with E-state index in [0.29, 0.717) is 47.7 Å². The van der Waals surface area contributed by atoms with Gasteiger partial charge in [-0.3, -0.25) is 14.4 Å². The number of nitrogens with one attached hydrogen (secondary N) is 4. The van der Waals surface area contributed by atoms with Crippen LogP contribution in [0, 0.1) is 11.3 Å². The Labute approximate surface area is 377 Å². The van der Waals surface area contributed by atoms with Crippen molar-refractivity contribution in [1.29, 1.82) is 0 Å². The van der Waals surface area contributed by atoms with Crippen LogP contribution in [0.25, 0.3) is 0 Å². The molecule has 0 aromatic heterocycles. The number of aryl methyl sites for hydroxylation is 1. The molecule has 336 valence electrons. The Kier molecular flexibility index (Phi) is 14.0. The van der Waals surface area contributed by atoms with Crippen LogP contribution < -0.4 is 30.1 Å². The van der Waals surface area contributed by atoms with E-state index in [-0.39, 0.29) is 35.0 Å². The number of amides is 3. The minimum atomic E-state index is -4.29. The van der Waals surface area contributed by atoms with Crippen molar-refractivity contribution in [2.24, 2.45) is 11.3 Å². The standard InChI is InChI=1S/C52H60N4O7S/c1-34(2)42-32-37-18-27-47-51(3,28-13-29-52(47,4)50(59)55-44(30-35-14-9-7-10-15-35)48(57)53-38-19-23-40(62-5)24-20-38)43(37)33-46(42)64(60,61)56-45(31-36-16-11-8-12-17-36)49(58)54-39-21-25-41(63-6)26-22-39/h7-12,14-17,19-26,32-34,44-45,47,56H,13,18,27-31H2,1-6H3,(H,53,57)(H,54,58)(H,55,59)/t44-,45-,47-,51-,52-/m1/s1. The Balaban J connectivity index is 1.19. The number of benzene rings is 5. The summed E-state index contributed by atoms with van der Waals surface area (Å²) in [6, 6.07) is 34.8. The van der Waals surface area contributed by atoms with Gasteiger partial charge in [-0.2, -0.15) is 4.72 Å². The van der Waals surface area contributed by atoms with Crippen LogP contribution in [0.4, 0.5) is 11.4 Å². The van der Waals surface area contributed by atoms with E-state index in [1.54, 1.807) is 62.8 Å². The van der Waals surface area contributed by atoms with Crippen molar-refractivity contribution >= 4 is 39.1 Å². The predicted molar refractivity (Wildman–Crippen MR) is 251 cm³/mol. The molecule has 4 N–H and O–H groups in total. The van der Waals surface area contributed by atoms with Gasteiger partial charge in [-0.05, 0) is 132 Å². The van der Waals surface area contributed by atoms with Gasteiger partial charge < -0.3 is 25.4 Å². The fourth-order valence-corrected chi connectivity index (χ4v) is 11.5. The molecule has 2 aliphatic rings. The lowest BCUT2D eigenvalue weighted by Gasteiger charge is -2.55. The molecule has 0 saturated heterocycles. The molecule has 5 aromatic carbocycles. The number of rotatable bonds is 16. The molecule has 2 aliphatic carbocycles. The van der Waals surface area contributed by atoms with Crippen molar-refractivity contribution in [2.45, 2.75) is 101 Å². The minimum absolute atomic E-state index is 0.126. The van der Waals surface area contributed by atoms with Gasteiger partial charge in [-0.15, -0.1) is 0 Å². The third-order valence-corrected chi connectivity index (χ3v) is 15.0. The van der Waals surface area contributed by atoms with E-state index in [0.717, 1.165) is 41.5 Å². The molecule has 0 radical (unpaired) electrons. The molecule has 64 heavy (non-hydrogen) atoms. The van der Waals surface area contributed by atoms with Crippen LogP contribution in [0.1, 0.15) is 87.1 Å². The largest absolute Gasteiger partial charge is 0.497 e. The van der Waals surface area contributed by atoms with Crippen LogP contribution in [0.3, 0.4) is 0 Å². The number of sulfonamides is 1. The zero-order valence-electron chi connectivity index (χ0n) is 37.6. The van der Waals surface area contributed by atoms with E-state index in [9.17, 15) is 22.8 Å². The summed E-state index contributed by atoms with van der Waals surface area (Å²) in [6.07, 6.45) is 3.92. The molecule has 0 heterocycles. The summed E-state index contributed by atoms with van der Waals surface area (Å²) in [5, 5.41) is 9.09. The fraction of sp³-hybridized carbons (Fsp3) is 0.365. The van der Waals surface area contributed by atoms with E-state index in [1.165, 1.54) is 0 Å². The molecule has 5 atom stereocenters. The normalized spacial score (nSPS) is 20.2. The quantitative estimate of drug-likeness (QED) is 0.0774. The zero-order chi connectivity index (χ0) is 45.6. The molecular weight excluding hydrogens is 825 g/mol.